The van der Waals surface area contributed by atoms with Gasteiger partial charge in [-0.15, -0.1) is 0 Å². The number of benzene rings is 2. The molecule has 0 unspecified atom stereocenters. The van der Waals surface area contributed by atoms with Crippen LogP contribution < -0.4 is 0 Å². The van der Waals surface area contributed by atoms with Crippen molar-refractivity contribution in [1.29, 1.82) is 0 Å². The van der Waals surface area contributed by atoms with Gasteiger partial charge in [-0.05, 0) is 73.5 Å². The summed E-state index contributed by atoms with van der Waals surface area (Å²) >= 11 is 11.9. The van der Waals surface area contributed by atoms with Crippen molar-refractivity contribution in [3.8, 4) is 0 Å². The van der Waals surface area contributed by atoms with Gasteiger partial charge in [-0.25, -0.2) is 0 Å². The van der Waals surface area contributed by atoms with Crippen LogP contribution in [0.15, 0.2) is 60.2 Å². The van der Waals surface area contributed by atoms with Gasteiger partial charge in [0.2, 0.25) is 0 Å². The molecule has 22 heavy (non-hydrogen) atoms. The highest BCUT2D eigenvalue weighted by atomic mass is 35.5. The van der Waals surface area contributed by atoms with E-state index in [1.807, 2.05) is 48.5 Å². The molecule has 3 heteroatoms. The topological polar surface area (TPSA) is 9.23 Å². The van der Waals surface area contributed by atoms with Crippen molar-refractivity contribution in [2.24, 2.45) is 0 Å². The Morgan fingerprint density at radius 2 is 1.41 bits per heavy atom. The van der Waals surface area contributed by atoms with Gasteiger partial charge in [0, 0.05) is 15.6 Å². The Morgan fingerprint density at radius 3 is 2.00 bits per heavy atom. The first-order valence-electron chi connectivity index (χ1n) is 7.08. The second-order valence-electron chi connectivity index (χ2n) is 5.78. The summed E-state index contributed by atoms with van der Waals surface area (Å²) in [6.07, 6.45) is 4.21. The minimum atomic E-state index is -0.366. The molecule has 112 valence electrons. The van der Waals surface area contributed by atoms with Gasteiger partial charge in [0.25, 0.3) is 0 Å². The average molecular weight is 331 g/mol. The predicted molar refractivity (Wildman–Crippen MR) is 94.0 cm³/mol. The molecule has 0 aliphatic carbocycles. The molecule has 2 aromatic rings. The van der Waals surface area contributed by atoms with E-state index in [1.165, 1.54) is 0 Å². The Hall–Kier alpha value is -1.70. The average Bonchev–Trinajstić information content (AvgIpc) is 2.77. The van der Waals surface area contributed by atoms with Crippen molar-refractivity contribution in [2.75, 3.05) is 0 Å². The molecule has 0 bridgehead atoms. The molecule has 1 heterocycles. The maximum atomic E-state index is 6.11. The van der Waals surface area contributed by atoms with Crippen molar-refractivity contribution in [1.82, 2.24) is 0 Å². The Kier molecular flexibility index (Phi) is 4.03. The zero-order valence-electron chi connectivity index (χ0n) is 12.4. The summed E-state index contributed by atoms with van der Waals surface area (Å²) in [5, 5.41) is 1.46. The summed E-state index contributed by atoms with van der Waals surface area (Å²) in [6, 6.07) is 15.5. The number of rotatable bonds is 2. The summed E-state index contributed by atoms with van der Waals surface area (Å²) in [7, 11) is 0. The first-order valence-corrected chi connectivity index (χ1v) is 7.84. The largest absolute Gasteiger partial charge is 0.483 e. The molecule has 0 spiro atoms. The third kappa shape index (κ3) is 3.21. The van der Waals surface area contributed by atoms with E-state index in [0.29, 0.717) is 0 Å². The Bertz CT molecular complexity index is 738. The maximum absolute atomic E-state index is 6.11. The predicted octanol–water partition coefficient (Wildman–Crippen LogP) is 6.23. The molecular weight excluding hydrogens is 315 g/mol. The summed E-state index contributed by atoms with van der Waals surface area (Å²) in [5.41, 5.74) is 2.88. The van der Waals surface area contributed by atoms with E-state index in [9.17, 15) is 0 Å². The third-order valence-corrected chi connectivity index (χ3v) is 4.17. The van der Waals surface area contributed by atoms with Gasteiger partial charge in [-0.1, -0.05) is 35.3 Å². The summed E-state index contributed by atoms with van der Waals surface area (Å²) in [5.74, 6) is 0.863. The molecule has 0 fully saturated rings. The summed E-state index contributed by atoms with van der Waals surface area (Å²) in [4.78, 5) is 0. The molecule has 0 N–H and O–H groups in total. The fourth-order valence-corrected chi connectivity index (χ4v) is 2.64. The zero-order chi connectivity index (χ0) is 15.7. The minimum Gasteiger partial charge on any atom is -0.483 e. The van der Waals surface area contributed by atoms with Gasteiger partial charge in [0.1, 0.15) is 11.4 Å². The maximum Gasteiger partial charge on any atom is 0.129 e. The molecule has 1 aliphatic rings. The lowest BCUT2D eigenvalue weighted by atomic mass is 9.97. The highest BCUT2D eigenvalue weighted by Gasteiger charge is 2.31. The number of halogens is 2. The molecule has 0 radical (unpaired) electrons. The van der Waals surface area contributed by atoms with Crippen molar-refractivity contribution in [3.63, 3.8) is 0 Å². The van der Waals surface area contributed by atoms with Crippen LogP contribution in [0.3, 0.4) is 0 Å². The van der Waals surface area contributed by atoms with Gasteiger partial charge in [0.05, 0.1) is 0 Å². The zero-order valence-corrected chi connectivity index (χ0v) is 13.9. The van der Waals surface area contributed by atoms with Crippen molar-refractivity contribution >= 4 is 35.0 Å². The van der Waals surface area contributed by atoms with Gasteiger partial charge in [0.15, 0.2) is 0 Å². The van der Waals surface area contributed by atoms with Crippen molar-refractivity contribution in [3.05, 3.63) is 81.4 Å². The number of hydrogen-bond acceptors (Lipinski definition) is 1. The van der Waals surface area contributed by atoms with Crippen LogP contribution in [-0.4, -0.2) is 5.60 Å². The van der Waals surface area contributed by atoms with Crippen LogP contribution in [-0.2, 0) is 4.74 Å². The molecule has 0 aromatic heterocycles. The standard InChI is InChI=1S/C19H16Cl2O/c1-19(2)15(11-13-3-7-16(20)8-4-13)12-18(22-19)14-5-9-17(21)10-6-14/h3-12H,1-2H3/b15-11-. The molecule has 0 atom stereocenters. The quantitative estimate of drug-likeness (QED) is 0.634. The SMILES string of the molecule is CC1(C)OC(c2ccc(Cl)cc2)=C/C1=C/c1ccc(Cl)cc1. The van der Waals surface area contributed by atoms with E-state index < -0.39 is 0 Å². The van der Waals surface area contributed by atoms with Gasteiger partial charge in [-0.2, -0.15) is 0 Å². The van der Waals surface area contributed by atoms with E-state index in [1.54, 1.807) is 0 Å². The van der Waals surface area contributed by atoms with E-state index in [4.69, 9.17) is 27.9 Å². The number of hydrogen-bond donors (Lipinski definition) is 0. The molecule has 0 saturated heterocycles. The van der Waals surface area contributed by atoms with Gasteiger partial charge < -0.3 is 4.74 Å². The molecular formula is C19H16Cl2O. The van der Waals surface area contributed by atoms with E-state index >= 15 is 0 Å². The highest BCUT2D eigenvalue weighted by molar-refractivity contribution is 6.30. The second kappa shape index (κ2) is 5.83. The van der Waals surface area contributed by atoms with E-state index in [0.717, 1.165) is 32.5 Å². The normalized spacial score (nSPS) is 18.2. The number of ether oxygens (including phenoxy) is 1. The first-order chi connectivity index (χ1) is 10.4. The van der Waals surface area contributed by atoms with Crippen LogP contribution in [0.5, 0.6) is 0 Å². The lowest BCUT2D eigenvalue weighted by molar-refractivity contribution is 0.134. The minimum absolute atomic E-state index is 0.366. The van der Waals surface area contributed by atoms with Crippen LogP contribution >= 0.6 is 23.2 Å². The second-order valence-corrected chi connectivity index (χ2v) is 6.65. The molecule has 2 aromatic carbocycles. The Labute approximate surface area is 140 Å². The van der Waals surface area contributed by atoms with Crippen LogP contribution in [0.1, 0.15) is 25.0 Å². The van der Waals surface area contributed by atoms with Gasteiger partial charge >= 0.3 is 0 Å². The lowest BCUT2D eigenvalue weighted by Crippen LogP contribution is -2.20. The smallest absolute Gasteiger partial charge is 0.129 e. The van der Waals surface area contributed by atoms with Crippen LogP contribution in [0.25, 0.3) is 11.8 Å². The summed E-state index contributed by atoms with van der Waals surface area (Å²) < 4.78 is 6.11. The van der Waals surface area contributed by atoms with E-state index in [2.05, 4.69) is 26.0 Å². The fraction of sp³-hybridized carbons (Fsp3) is 0.158. The Balaban J connectivity index is 1.96. The molecule has 0 saturated carbocycles. The van der Waals surface area contributed by atoms with Gasteiger partial charge in [-0.3, -0.25) is 0 Å². The van der Waals surface area contributed by atoms with E-state index in [-0.39, 0.29) is 5.60 Å². The highest BCUT2D eigenvalue weighted by Crippen LogP contribution is 2.38. The molecule has 1 aliphatic heterocycles. The lowest BCUT2D eigenvalue weighted by Gasteiger charge is -2.22. The molecule has 0 amide bonds. The van der Waals surface area contributed by atoms with Crippen molar-refractivity contribution < 1.29 is 4.74 Å². The monoisotopic (exact) mass is 330 g/mol. The fourth-order valence-electron chi connectivity index (χ4n) is 2.39. The van der Waals surface area contributed by atoms with Crippen molar-refractivity contribution in [2.45, 2.75) is 19.4 Å². The van der Waals surface area contributed by atoms with Crippen LogP contribution in [0.4, 0.5) is 0 Å². The van der Waals surface area contributed by atoms with Crippen LogP contribution in [0.2, 0.25) is 10.0 Å². The molecule has 3 rings (SSSR count). The van der Waals surface area contributed by atoms with Crippen LogP contribution in [0, 0.1) is 0 Å². The first kappa shape index (κ1) is 15.2. The Morgan fingerprint density at radius 1 is 0.864 bits per heavy atom. The molecule has 1 nitrogen and oxygen atoms in total. The third-order valence-electron chi connectivity index (χ3n) is 3.67. The summed E-state index contributed by atoms with van der Waals surface area (Å²) in [6.45, 7) is 4.13.